The van der Waals surface area contributed by atoms with E-state index in [1.165, 1.54) is 11.3 Å². The Morgan fingerprint density at radius 1 is 1.55 bits per heavy atom. The lowest BCUT2D eigenvalue weighted by atomic mass is 10.2. The Kier molecular flexibility index (Phi) is 4.82. The Labute approximate surface area is 120 Å². The van der Waals surface area contributed by atoms with Gasteiger partial charge in [-0.2, -0.15) is 5.10 Å². The first-order chi connectivity index (χ1) is 9.70. The zero-order valence-corrected chi connectivity index (χ0v) is 11.7. The van der Waals surface area contributed by atoms with Crippen molar-refractivity contribution in [3.63, 3.8) is 0 Å². The monoisotopic (exact) mass is 287 g/mol. The third-order valence-electron chi connectivity index (χ3n) is 2.39. The number of thiophene rings is 1. The average Bonchev–Trinajstić information content (AvgIpc) is 2.82. The van der Waals surface area contributed by atoms with E-state index < -0.39 is 0 Å². The van der Waals surface area contributed by atoms with E-state index in [-0.39, 0.29) is 12.5 Å². The second-order valence-electron chi connectivity index (χ2n) is 3.96. The number of anilines is 1. The molecule has 0 spiro atoms. The summed E-state index contributed by atoms with van der Waals surface area (Å²) in [6, 6.07) is 5.17. The third-order valence-corrected chi connectivity index (χ3v) is 3.55. The Balaban J connectivity index is 2.12. The largest absolute Gasteiger partial charge is 0.395 e. The van der Waals surface area contributed by atoms with Gasteiger partial charge >= 0.3 is 0 Å². The van der Waals surface area contributed by atoms with Crippen LogP contribution in [0.1, 0.15) is 26.5 Å². The van der Waals surface area contributed by atoms with E-state index in [9.17, 15) is 4.79 Å². The molecule has 6 heteroatoms. The highest BCUT2D eigenvalue weighted by Crippen LogP contribution is 2.21. The Bertz CT molecular complexity index is 656. The molecule has 20 heavy (non-hydrogen) atoms. The van der Waals surface area contributed by atoms with Gasteiger partial charge in [0.05, 0.1) is 16.4 Å². The van der Waals surface area contributed by atoms with Gasteiger partial charge in [0.25, 0.3) is 5.91 Å². The first-order valence-corrected chi connectivity index (χ1v) is 6.81. The maximum Gasteiger partial charge on any atom is 0.266 e. The number of rotatable bonds is 3. The van der Waals surface area contributed by atoms with Crippen molar-refractivity contribution in [2.24, 2.45) is 0 Å². The molecule has 5 nitrogen and oxygen atoms in total. The number of aliphatic hydroxyl groups is 1. The highest BCUT2D eigenvalue weighted by molar-refractivity contribution is 7.14. The molecule has 0 bridgehead atoms. The number of carbonyl (C=O) groups is 1. The SMILES string of the molecule is Cc1cc(C(=O)Nc2cccnn2)sc1C#CCCO. The van der Waals surface area contributed by atoms with E-state index in [0.29, 0.717) is 17.1 Å². The van der Waals surface area contributed by atoms with E-state index >= 15 is 0 Å². The maximum atomic E-state index is 12.1. The van der Waals surface area contributed by atoms with E-state index in [1.54, 1.807) is 24.4 Å². The molecule has 0 aliphatic rings. The van der Waals surface area contributed by atoms with Gasteiger partial charge in [0.2, 0.25) is 0 Å². The summed E-state index contributed by atoms with van der Waals surface area (Å²) >= 11 is 1.32. The van der Waals surface area contributed by atoms with E-state index in [2.05, 4.69) is 27.4 Å². The standard InChI is InChI=1S/C14H13N3O2S/c1-10-9-12(20-11(10)5-2-3-8-18)14(19)16-13-6-4-7-15-17-13/h4,6-7,9,18H,3,8H2,1H3,(H,16,17,19). The molecule has 2 heterocycles. The minimum Gasteiger partial charge on any atom is -0.395 e. The summed E-state index contributed by atoms with van der Waals surface area (Å²) < 4.78 is 0. The molecule has 2 aromatic rings. The second kappa shape index (κ2) is 6.80. The smallest absolute Gasteiger partial charge is 0.266 e. The molecule has 2 rings (SSSR count). The van der Waals surface area contributed by atoms with Gasteiger partial charge < -0.3 is 10.4 Å². The van der Waals surface area contributed by atoms with E-state index in [0.717, 1.165) is 10.4 Å². The number of amides is 1. The van der Waals surface area contributed by atoms with Gasteiger partial charge in [-0.25, -0.2) is 0 Å². The number of hydrogen-bond donors (Lipinski definition) is 2. The van der Waals surface area contributed by atoms with Gasteiger partial charge in [-0.3, -0.25) is 4.79 Å². The van der Waals surface area contributed by atoms with Crippen LogP contribution in [-0.4, -0.2) is 27.8 Å². The molecule has 2 aromatic heterocycles. The summed E-state index contributed by atoms with van der Waals surface area (Å²) in [7, 11) is 0. The molecular weight excluding hydrogens is 274 g/mol. The number of aryl methyl sites for hydroxylation is 1. The minimum absolute atomic E-state index is 0.0391. The fourth-order valence-corrected chi connectivity index (χ4v) is 2.41. The van der Waals surface area contributed by atoms with Crippen molar-refractivity contribution in [2.75, 3.05) is 11.9 Å². The third kappa shape index (κ3) is 3.63. The number of hydrogen-bond acceptors (Lipinski definition) is 5. The van der Waals surface area contributed by atoms with Crippen LogP contribution in [0.5, 0.6) is 0 Å². The maximum absolute atomic E-state index is 12.1. The quantitative estimate of drug-likeness (QED) is 0.845. The van der Waals surface area contributed by atoms with Crippen molar-refractivity contribution >= 4 is 23.1 Å². The molecule has 0 atom stereocenters. The van der Waals surface area contributed by atoms with Gasteiger partial charge in [-0.05, 0) is 30.7 Å². The van der Waals surface area contributed by atoms with Gasteiger partial charge in [-0.15, -0.1) is 16.4 Å². The molecule has 0 saturated carbocycles. The van der Waals surface area contributed by atoms with E-state index in [1.807, 2.05) is 6.92 Å². The summed E-state index contributed by atoms with van der Waals surface area (Å²) in [4.78, 5) is 13.5. The van der Waals surface area contributed by atoms with Crippen molar-refractivity contribution in [1.82, 2.24) is 10.2 Å². The lowest BCUT2D eigenvalue weighted by Gasteiger charge is -1.99. The first-order valence-electron chi connectivity index (χ1n) is 6.00. The van der Waals surface area contributed by atoms with Crippen LogP contribution in [0.2, 0.25) is 0 Å². The summed E-state index contributed by atoms with van der Waals surface area (Å²) in [5.74, 6) is 5.99. The van der Waals surface area contributed by atoms with Gasteiger partial charge in [0.15, 0.2) is 5.82 Å². The fraction of sp³-hybridized carbons (Fsp3) is 0.214. The normalized spacial score (nSPS) is 9.70. The minimum atomic E-state index is -0.228. The predicted molar refractivity (Wildman–Crippen MR) is 77.6 cm³/mol. The van der Waals surface area contributed by atoms with Crippen molar-refractivity contribution < 1.29 is 9.90 Å². The van der Waals surface area contributed by atoms with Crippen LogP contribution in [0, 0.1) is 18.8 Å². The zero-order chi connectivity index (χ0) is 14.4. The Hall–Kier alpha value is -2.23. The summed E-state index contributed by atoms with van der Waals surface area (Å²) in [6.45, 7) is 1.94. The molecule has 0 fully saturated rings. The van der Waals surface area contributed by atoms with Crippen LogP contribution in [0.15, 0.2) is 24.4 Å². The topological polar surface area (TPSA) is 75.1 Å². The average molecular weight is 287 g/mol. The van der Waals surface area contributed by atoms with Crippen LogP contribution in [-0.2, 0) is 0 Å². The van der Waals surface area contributed by atoms with Gasteiger partial charge in [-0.1, -0.05) is 11.8 Å². The molecule has 0 saturated heterocycles. The Morgan fingerprint density at radius 2 is 2.40 bits per heavy atom. The second-order valence-corrected chi connectivity index (χ2v) is 5.01. The van der Waals surface area contributed by atoms with Crippen molar-refractivity contribution in [3.05, 3.63) is 39.7 Å². The van der Waals surface area contributed by atoms with Crippen molar-refractivity contribution in [1.29, 1.82) is 0 Å². The van der Waals surface area contributed by atoms with Gasteiger partial charge in [0.1, 0.15) is 0 Å². The lowest BCUT2D eigenvalue weighted by Crippen LogP contribution is -2.11. The molecule has 0 radical (unpaired) electrons. The molecule has 0 unspecified atom stereocenters. The highest BCUT2D eigenvalue weighted by atomic mass is 32.1. The molecule has 1 amide bonds. The van der Waals surface area contributed by atoms with E-state index in [4.69, 9.17) is 5.11 Å². The molecule has 102 valence electrons. The van der Waals surface area contributed by atoms with Crippen LogP contribution in [0.25, 0.3) is 0 Å². The van der Waals surface area contributed by atoms with Crippen LogP contribution in [0.3, 0.4) is 0 Å². The van der Waals surface area contributed by atoms with Gasteiger partial charge in [0, 0.05) is 12.6 Å². The zero-order valence-electron chi connectivity index (χ0n) is 10.9. The van der Waals surface area contributed by atoms with Crippen LogP contribution >= 0.6 is 11.3 Å². The number of aliphatic hydroxyl groups excluding tert-OH is 1. The molecule has 0 aromatic carbocycles. The molecule has 2 N–H and O–H groups in total. The summed E-state index contributed by atoms with van der Waals surface area (Å²) in [5.41, 5.74) is 0.949. The Morgan fingerprint density at radius 3 is 3.10 bits per heavy atom. The number of carbonyl (C=O) groups excluding carboxylic acids is 1. The molecular formula is C14H13N3O2S. The summed E-state index contributed by atoms with van der Waals surface area (Å²) in [5, 5.41) is 18.9. The van der Waals surface area contributed by atoms with Crippen molar-refractivity contribution in [3.8, 4) is 11.8 Å². The summed E-state index contributed by atoms with van der Waals surface area (Å²) in [6.07, 6.45) is 1.97. The predicted octanol–water partition coefficient (Wildman–Crippen LogP) is 1.83. The first kappa shape index (κ1) is 14.2. The number of nitrogens with zero attached hydrogens (tertiary/aromatic N) is 2. The number of aromatic nitrogens is 2. The van der Waals surface area contributed by atoms with Crippen LogP contribution < -0.4 is 5.32 Å². The number of nitrogens with one attached hydrogen (secondary N) is 1. The molecule has 0 aliphatic carbocycles. The lowest BCUT2D eigenvalue weighted by molar-refractivity contribution is 0.103. The fourth-order valence-electron chi connectivity index (χ4n) is 1.46. The van der Waals surface area contributed by atoms with Crippen LogP contribution in [0.4, 0.5) is 5.82 Å². The molecule has 0 aliphatic heterocycles. The highest BCUT2D eigenvalue weighted by Gasteiger charge is 2.12. The van der Waals surface area contributed by atoms with Crippen molar-refractivity contribution in [2.45, 2.75) is 13.3 Å².